The molecule has 2 rings (SSSR count). The molecule has 1 nitrogen and oxygen atoms in total. The Labute approximate surface area is 67.5 Å². The highest BCUT2D eigenvalue weighted by atomic mass is 14.7. The van der Waals surface area contributed by atoms with E-state index in [4.69, 9.17) is 0 Å². The number of pyridine rings is 1. The van der Waals surface area contributed by atoms with E-state index in [0.29, 0.717) is 0 Å². The second-order valence-electron chi connectivity index (χ2n) is 3.32. The van der Waals surface area contributed by atoms with Crippen LogP contribution in [0.5, 0.6) is 0 Å². The number of aromatic nitrogens is 1. The van der Waals surface area contributed by atoms with Gasteiger partial charge in [-0.15, -0.1) is 0 Å². The molecule has 0 amide bonds. The highest BCUT2D eigenvalue weighted by Gasteiger charge is 2.17. The van der Waals surface area contributed by atoms with Gasteiger partial charge in [-0.25, -0.2) is 0 Å². The van der Waals surface area contributed by atoms with Gasteiger partial charge >= 0.3 is 0 Å². The maximum absolute atomic E-state index is 4.30. The molecule has 0 radical (unpaired) electrons. The van der Waals surface area contributed by atoms with Gasteiger partial charge in [-0.2, -0.15) is 0 Å². The zero-order chi connectivity index (χ0) is 7.52. The molecular weight excluding hydrogens is 134 g/mol. The van der Waals surface area contributed by atoms with Crippen molar-refractivity contribution in [2.45, 2.75) is 25.7 Å². The second-order valence-corrected chi connectivity index (χ2v) is 3.32. The molecule has 0 bridgehead atoms. The lowest BCUT2D eigenvalue weighted by atomic mass is 9.82. The second kappa shape index (κ2) is 3.04. The Bertz CT molecular complexity index is 214. The first-order valence-electron chi connectivity index (χ1n) is 4.35. The first-order chi connectivity index (χ1) is 5.45. The summed E-state index contributed by atoms with van der Waals surface area (Å²) in [5.74, 6) is 0.935. The fourth-order valence-corrected chi connectivity index (χ4v) is 1.51. The van der Waals surface area contributed by atoms with E-state index in [2.05, 4.69) is 17.1 Å². The van der Waals surface area contributed by atoms with Crippen molar-refractivity contribution in [3.05, 3.63) is 30.1 Å². The summed E-state index contributed by atoms with van der Waals surface area (Å²) in [7, 11) is 0. The van der Waals surface area contributed by atoms with E-state index < -0.39 is 0 Å². The minimum Gasteiger partial charge on any atom is -0.261 e. The van der Waals surface area contributed by atoms with Crippen molar-refractivity contribution in [3.8, 4) is 0 Å². The van der Waals surface area contributed by atoms with Crippen LogP contribution in [0.15, 0.2) is 24.4 Å². The van der Waals surface area contributed by atoms with Crippen molar-refractivity contribution in [1.29, 1.82) is 0 Å². The standard InChI is InChI=1S/C10H13N/c1-2-7-11-10(6-1)8-9-4-3-5-9/h1-2,6-7,9H,3-5,8H2. The molecule has 1 heterocycles. The molecule has 0 aromatic carbocycles. The van der Waals surface area contributed by atoms with Gasteiger partial charge in [-0.05, 0) is 24.5 Å². The van der Waals surface area contributed by atoms with E-state index in [1.165, 1.54) is 31.4 Å². The minimum atomic E-state index is 0.935. The summed E-state index contributed by atoms with van der Waals surface area (Å²) in [6.45, 7) is 0. The molecular formula is C10H13N. The van der Waals surface area contributed by atoms with Crippen LogP contribution in [-0.2, 0) is 6.42 Å². The Hall–Kier alpha value is -0.850. The molecule has 1 heteroatoms. The number of hydrogen-bond donors (Lipinski definition) is 0. The molecule has 0 saturated heterocycles. The quantitative estimate of drug-likeness (QED) is 0.626. The first kappa shape index (κ1) is 6.84. The third-order valence-corrected chi connectivity index (χ3v) is 2.45. The van der Waals surface area contributed by atoms with Crippen molar-refractivity contribution < 1.29 is 0 Å². The maximum Gasteiger partial charge on any atom is 0.0406 e. The van der Waals surface area contributed by atoms with E-state index in [1.54, 1.807) is 0 Å². The van der Waals surface area contributed by atoms with Crippen LogP contribution in [0.4, 0.5) is 0 Å². The summed E-state index contributed by atoms with van der Waals surface area (Å²) in [6, 6.07) is 6.17. The van der Waals surface area contributed by atoms with Crippen molar-refractivity contribution in [1.82, 2.24) is 4.98 Å². The SMILES string of the molecule is c1ccc(CC2CCC2)nc1. The van der Waals surface area contributed by atoms with E-state index >= 15 is 0 Å². The molecule has 1 fully saturated rings. The monoisotopic (exact) mass is 147 g/mol. The third-order valence-electron chi connectivity index (χ3n) is 2.45. The Morgan fingerprint density at radius 2 is 2.27 bits per heavy atom. The molecule has 0 spiro atoms. The summed E-state index contributed by atoms with van der Waals surface area (Å²) in [4.78, 5) is 4.30. The lowest BCUT2D eigenvalue weighted by molar-refractivity contribution is 0.312. The molecule has 11 heavy (non-hydrogen) atoms. The van der Waals surface area contributed by atoms with E-state index in [1.807, 2.05) is 12.3 Å². The van der Waals surface area contributed by atoms with Gasteiger partial charge in [0.25, 0.3) is 0 Å². The van der Waals surface area contributed by atoms with Crippen molar-refractivity contribution in [2.75, 3.05) is 0 Å². The van der Waals surface area contributed by atoms with E-state index in [-0.39, 0.29) is 0 Å². The fourth-order valence-electron chi connectivity index (χ4n) is 1.51. The molecule has 0 N–H and O–H groups in total. The van der Waals surface area contributed by atoms with Crippen LogP contribution in [-0.4, -0.2) is 4.98 Å². The average molecular weight is 147 g/mol. The zero-order valence-corrected chi connectivity index (χ0v) is 6.66. The van der Waals surface area contributed by atoms with E-state index in [0.717, 1.165) is 5.92 Å². The van der Waals surface area contributed by atoms with Crippen LogP contribution in [0.2, 0.25) is 0 Å². The third kappa shape index (κ3) is 1.59. The summed E-state index contributed by atoms with van der Waals surface area (Å²) in [6.07, 6.45) is 7.33. The summed E-state index contributed by atoms with van der Waals surface area (Å²) < 4.78 is 0. The molecule has 1 aliphatic rings. The molecule has 1 aliphatic carbocycles. The van der Waals surface area contributed by atoms with Crippen LogP contribution < -0.4 is 0 Å². The molecule has 0 atom stereocenters. The predicted molar refractivity (Wildman–Crippen MR) is 45.3 cm³/mol. The lowest BCUT2D eigenvalue weighted by Gasteiger charge is -2.24. The highest BCUT2D eigenvalue weighted by molar-refractivity contribution is 5.04. The van der Waals surface area contributed by atoms with Crippen molar-refractivity contribution in [3.63, 3.8) is 0 Å². The topological polar surface area (TPSA) is 12.9 Å². The summed E-state index contributed by atoms with van der Waals surface area (Å²) in [5.41, 5.74) is 1.26. The molecule has 0 unspecified atom stereocenters. The molecule has 1 aromatic rings. The van der Waals surface area contributed by atoms with Crippen LogP contribution >= 0.6 is 0 Å². The Morgan fingerprint density at radius 1 is 1.36 bits per heavy atom. The smallest absolute Gasteiger partial charge is 0.0406 e. The Morgan fingerprint density at radius 3 is 2.82 bits per heavy atom. The van der Waals surface area contributed by atoms with Gasteiger partial charge in [0.1, 0.15) is 0 Å². The van der Waals surface area contributed by atoms with Crippen LogP contribution in [0.3, 0.4) is 0 Å². The highest BCUT2D eigenvalue weighted by Crippen LogP contribution is 2.28. The van der Waals surface area contributed by atoms with Crippen LogP contribution in [0, 0.1) is 5.92 Å². The van der Waals surface area contributed by atoms with Gasteiger partial charge in [0, 0.05) is 11.9 Å². The predicted octanol–water partition coefficient (Wildman–Crippen LogP) is 2.42. The van der Waals surface area contributed by atoms with Crippen LogP contribution in [0.25, 0.3) is 0 Å². The average Bonchev–Trinajstić information content (AvgIpc) is 1.99. The van der Waals surface area contributed by atoms with E-state index in [9.17, 15) is 0 Å². The Kier molecular flexibility index (Phi) is 1.89. The van der Waals surface area contributed by atoms with Crippen molar-refractivity contribution in [2.24, 2.45) is 5.92 Å². The molecule has 1 saturated carbocycles. The molecule has 0 aliphatic heterocycles. The van der Waals surface area contributed by atoms with Gasteiger partial charge in [0.05, 0.1) is 0 Å². The number of hydrogen-bond acceptors (Lipinski definition) is 1. The van der Waals surface area contributed by atoms with Gasteiger partial charge in [0.2, 0.25) is 0 Å². The summed E-state index contributed by atoms with van der Waals surface area (Å²) >= 11 is 0. The Balaban J connectivity index is 1.95. The zero-order valence-electron chi connectivity index (χ0n) is 6.66. The number of nitrogens with zero attached hydrogens (tertiary/aromatic N) is 1. The molecule has 1 aromatic heterocycles. The normalized spacial score (nSPS) is 17.8. The first-order valence-corrected chi connectivity index (χ1v) is 4.35. The summed E-state index contributed by atoms with van der Waals surface area (Å²) in [5, 5.41) is 0. The minimum absolute atomic E-state index is 0.935. The number of rotatable bonds is 2. The lowest BCUT2D eigenvalue weighted by Crippen LogP contribution is -2.14. The van der Waals surface area contributed by atoms with Gasteiger partial charge in [0.15, 0.2) is 0 Å². The van der Waals surface area contributed by atoms with Gasteiger partial charge in [-0.3, -0.25) is 4.98 Å². The fraction of sp³-hybridized carbons (Fsp3) is 0.500. The largest absolute Gasteiger partial charge is 0.261 e. The maximum atomic E-state index is 4.30. The van der Waals surface area contributed by atoms with Crippen molar-refractivity contribution >= 4 is 0 Å². The van der Waals surface area contributed by atoms with Crippen LogP contribution in [0.1, 0.15) is 25.0 Å². The van der Waals surface area contributed by atoms with Gasteiger partial charge in [-0.1, -0.05) is 25.3 Å². The molecule has 58 valence electrons. The van der Waals surface area contributed by atoms with Gasteiger partial charge < -0.3 is 0 Å².